The van der Waals surface area contributed by atoms with Gasteiger partial charge >= 0.3 is 0 Å². The van der Waals surface area contributed by atoms with Crippen molar-refractivity contribution in [3.8, 4) is 0 Å². The highest BCUT2D eigenvalue weighted by atomic mass is 35.5. The second-order valence-electron chi connectivity index (χ2n) is 5.09. The Morgan fingerprint density at radius 2 is 2.14 bits per heavy atom. The molecule has 0 bridgehead atoms. The van der Waals surface area contributed by atoms with E-state index in [-0.39, 0.29) is 6.04 Å². The molecule has 4 nitrogen and oxygen atoms in total. The van der Waals surface area contributed by atoms with Gasteiger partial charge in [-0.3, -0.25) is 9.67 Å². The number of aryl methyl sites for hydroxylation is 2. The predicted octanol–water partition coefficient (Wildman–Crippen LogP) is 3.80. The first-order valence-corrected chi connectivity index (χ1v) is 7.87. The predicted molar refractivity (Wildman–Crippen MR) is 86.8 cm³/mol. The molecule has 2 aromatic rings. The molecule has 0 amide bonds. The number of rotatable bonds is 7. The zero-order valence-electron chi connectivity index (χ0n) is 12.3. The number of halogens is 2. The molecule has 6 heteroatoms. The van der Waals surface area contributed by atoms with Gasteiger partial charge in [-0.2, -0.15) is 5.10 Å². The summed E-state index contributed by atoms with van der Waals surface area (Å²) in [5.74, 6) is 0. The molecular weight excluding hydrogens is 307 g/mol. The van der Waals surface area contributed by atoms with Crippen molar-refractivity contribution in [2.75, 3.05) is 6.54 Å². The molecular formula is C15H20Cl2N4. The van der Waals surface area contributed by atoms with Crippen LogP contribution in [0.5, 0.6) is 0 Å². The monoisotopic (exact) mass is 326 g/mol. The van der Waals surface area contributed by atoms with E-state index in [0.717, 1.165) is 31.5 Å². The van der Waals surface area contributed by atoms with Crippen molar-refractivity contribution in [1.29, 1.82) is 0 Å². The third kappa shape index (κ3) is 4.70. The van der Waals surface area contributed by atoms with Crippen molar-refractivity contribution in [2.24, 2.45) is 7.05 Å². The Morgan fingerprint density at radius 1 is 1.33 bits per heavy atom. The van der Waals surface area contributed by atoms with Crippen LogP contribution >= 0.6 is 23.2 Å². The van der Waals surface area contributed by atoms with E-state index in [1.807, 2.05) is 24.1 Å². The Kier molecular flexibility index (Phi) is 6.03. The second-order valence-corrected chi connectivity index (χ2v) is 5.93. The van der Waals surface area contributed by atoms with Crippen molar-refractivity contribution < 1.29 is 0 Å². The Morgan fingerprint density at radius 3 is 2.76 bits per heavy atom. The van der Waals surface area contributed by atoms with Crippen LogP contribution < -0.4 is 5.32 Å². The molecule has 2 aromatic heterocycles. The standard InChI is InChI=1S/C15H20Cl2N4/c1-3-6-18-14(5-4-11-8-20-21(2)10-11)15-13(17)7-12(16)9-19-15/h7-10,14,18H,3-6H2,1-2H3. The van der Waals surface area contributed by atoms with Gasteiger partial charge in [0.1, 0.15) is 0 Å². The molecule has 1 N–H and O–H groups in total. The Labute approximate surface area is 135 Å². The lowest BCUT2D eigenvalue weighted by atomic mass is 10.0. The van der Waals surface area contributed by atoms with Gasteiger partial charge in [0.2, 0.25) is 0 Å². The molecule has 0 spiro atoms. The molecule has 0 radical (unpaired) electrons. The van der Waals surface area contributed by atoms with Crippen LogP contribution in [0.1, 0.15) is 37.1 Å². The third-order valence-corrected chi connectivity index (χ3v) is 3.80. The fraction of sp³-hybridized carbons (Fsp3) is 0.467. The summed E-state index contributed by atoms with van der Waals surface area (Å²) in [6, 6.07) is 1.87. The topological polar surface area (TPSA) is 42.7 Å². The van der Waals surface area contributed by atoms with Gasteiger partial charge < -0.3 is 5.32 Å². The van der Waals surface area contributed by atoms with E-state index >= 15 is 0 Å². The smallest absolute Gasteiger partial charge is 0.0760 e. The van der Waals surface area contributed by atoms with Crippen LogP contribution in [-0.2, 0) is 13.5 Å². The average Bonchev–Trinajstić information content (AvgIpc) is 2.86. The van der Waals surface area contributed by atoms with Gasteiger partial charge in [0.05, 0.1) is 28.0 Å². The van der Waals surface area contributed by atoms with Gasteiger partial charge in [-0.25, -0.2) is 0 Å². The Bertz CT molecular complexity index is 583. The summed E-state index contributed by atoms with van der Waals surface area (Å²) in [4.78, 5) is 4.40. The van der Waals surface area contributed by atoms with Crippen LogP contribution in [0, 0.1) is 0 Å². The van der Waals surface area contributed by atoms with Crippen molar-refractivity contribution in [1.82, 2.24) is 20.1 Å². The van der Waals surface area contributed by atoms with Crippen molar-refractivity contribution in [2.45, 2.75) is 32.2 Å². The highest BCUT2D eigenvalue weighted by Gasteiger charge is 2.16. The lowest BCUT2D eigenvalue weighted by Gasteiger charge is -2.19. The van der Waals surface area contributed by atoms with E-state index in [1.54, 1.807) is 12.3 Å². The fourth-order valence-corrected chi connectivity index (χ4v) is 2.76. The summed E-state index contributed by atoms with van der Waals surface area (Å²) in [7, 11) is 1.92. The Hall–Kier alpha value is -1.10. The lowest BCUT2D eigenvalue weighted by molar-refractivity contribution is 0.489. The van der Waals surface area contributed by atoms with Crippen LogP contribution in [0.3, 0.4) is 0 Å². The van der Waals surface area contributed by atoms with E-state index in [2.05, 4.69) is 22.3 Å². The lowest BCUT2D eigenvalue weighted by Crippen LogP contribution is -2.24. The van der Waals surface area contributed by atoms with Crippen LogP contribution in [0.2, 0.25) is 10.0 Å². The fourth-order valence-electron chi connectivity index (χ4n) is 2.25. The molecule has 2 heterocycles. The first kappa shape index (κ1) is 16.3. The van der Waals surface area contributed by atoms with Crippen molar-refractivity contribution in [3.63, 3.8) is 0 Å². The highest BCUT2D eigenvalue weighted by Crippen LogP contribution is 2.26. The largest absolute Gasteiger partial charge is 0.309 e. The van der Waals surface area contributed by atoms with Gasteiger partial charge in [-0.05, 0) is 37.4 Å². The number of nitrogens with zero attached hydrogens (tertiary/aromatic N) is 3. The first-order chi connectivity index (χ1) is 10.1. The SMILES string of the molecule is CCCNC(CCc1cnn(C)c1)c1ncc(Cl)cc1Cl. The van der Waals surface area contributed by atoms with Gasteiger partial charge in [-0.15, -0.1) is 0 Å². The average molecular weight is 327 g/mol. The molecule has 0 aliphatic rings. The molecule has 0 aliphatic carbocycles. The summed E-state index contributed by atoms with van der Waals surface area (Å²) in [5.41, 5.74) is 2.07. The normalized spacial score (nSPS) is 12.6. The van der Waals surface area contributed by atoms with Crippen LogP contribution in [0.25, 0.3) is 0 Å². The van der Waals surface area contributed by atoms with Crippen molar-refractivity contribution >= 4 is 23.2 Å². The molecule has 0 saturated carbocycles. The first-order valence-electron chi connectivity index (χ1n) is 7.12. The zero-order valence-corrected chi connectivity index (χ0v) is 13.8. The van der Waals surface area contributed by atoms with Gasteiger partial charge in [-0.1, -0.05) is 30.1 Å². The number of hydrogen-bond donors (Lipinski definition) is 1. The number of aromatic nitrogens is 3. The summed E-state index contributed by atoms with van der Waals surface area (Å²) < 4.78 is 1.82. The summed E-state index contributed by atoms with van der Waals surface area (Å²) in [6.07, 6.45) is 8.49. The molecule has 2 rings (SSSR count). The second kappa shape index (κ2) is 7.78. The maximum atomic E-state index is 6.29. The van der Waals surface area contributed by atoms with E-state index in [9.17, 15) is 0 Å². The minimum Gasteiger partial charge on any atom is -0.309 e. The van der Waals surface area contributed by atoms with Crippen LogP contribution in [0.15, 0.2) is 24.7 Å². The molecule has 1 unspecified atom stereocenters. The van der Waals surface area contributed by atoms with E-state index in [0.29, 0.717) is 10.0 Å². The molecule has 0 aromatic carbocycles. The van der Waals surface area contributed by atoms with Crippen LogP contribution in [0.4, 0.5) is 0 Å². The summed E-state index contributed by atoms with van der Waals surface area (Å²) in [6.45, 7) is 3.07. The highest BCUT2D eigenvalue weighted by molar-refractivity contribution is 6.34. The van der Waals surface area contributed by atoms with E-state index < -0.39 is 0 Å². The van der Waals surface area contributed by atoms with E-state index in [1.165, 1.54) is 5.56 Å². The molecule has 1 atom stereocenters. The quantitative estimate of drug-likeness (QED) is 0.841. The Balaban J connectivity index is 2.09. The maximum Gasteiger partial charge on any atom is 0.0760 e. The van der Waals surface area contributed by atoms with Crippen molar-refractivity contribution in [3.05, 3.63) is 46.0 Å². The molecule has 0 aliphatic heterocycles. The molecule has 0 fully saturated rings. The number of nitrogens with one attached hydrogen (secondary N) is 1. The summed E-state index contributed by atoms with van der Waals surface area (Å²) in [5, 5.41) is 8.88. The molecule has 21 heavy (non-hydrogen) atoms. The minimum atomic E-state index is 0.120. The zero-order chi connectivity index (χ0) is 15.2. The minimum absolute atomic E-state index is 0.120. The van der Waals surface area contributed by atoms with Crippen LogP contribution in [-0.4, -0.2) is 21.3 Å². The maximum absolute atomic E-state index is 6.29. The van der Waals surface area contributed by atoms with Gasteiger partial charge in [0, 0.05) is 19.4 Å². The third-order valence-electron chi connectivity index (χ3n) is 3.29. The summed E-state index contributed by atoms with van der Waals surface area (Å²) >= 11 is 12.2. The van der Waals surface area contributed by atoms with E-state index in [4.69, 9.17) is 23.2 Å². The van der Waals surface area contributed by atoms with Gasteiger partial charge in [0.25, 0.3) is 0 Å². The molecule has 0 saturated heterocycles. The molecule has 114 valence electrons. The van der Waals surface area contributed by atoms with Gasteiger partial charge in [0.15, 0.2) is 0 Å². The number of hydrogen-bond acceptors (Lipinski definition) is 3. The number of pyridine rings is 1.